The van der Waals surface area contributed by atoms with Crippen molar-refractivity contribution in [2.75, 3.05) is 42.7 Å². The summed E-state index contributed by atoms with van der Waals surface area (Å²) in [5.41, 5.74) is 0. The standard InChI is InChI=1S/C6H18O9Si3/c1-7-16(8-2)13-17(9-3,10-4)15-18(11-5,12-6)14-16/h1-6H3. The second-order valence-electron chi connectivity index (χ2n) is 3.03. The van der Waals surface area contributed by atoms with E-state index in [1.54, 1.807) is 0 Å². The molecule has 0 aliphatic carbocycles. The molecule has 1 saturated heterocycles. The molecule has 0 aromatic rings. The summed E-state index contributed by atoms with van der Waals surface area (Å²) in [6.45, 7) is 0. The first kappa shape index (κ1) is 16.3. The third-order valence-corrected chi connectivity index (χ3v) is 11.3. The Kier molecular flexibility index (Phi) is 5.59. The molecule has 0 atom stereocenters. The van der Waals surface area contributed by atoms with Crippen LogP contribution >= 0.6 is 0 Å². The molecule has 0 radical (unpaired) electrons. The summed E-state index contributed by atoms with van der Waals surface area (Å²) >= 11 is 0. The summed E-state index contributed by atoms with van der Waals surface area (Å²) in [7, 11) is -2.15. The van der Waals surface area contributed by atoms with E-state index in [1.165, 1.54) is 42.7 Å². The SMILES string of the molecule is CO[Si]1(OC)O[Si](OC)(OC)O[Si](OC)(OC)O1. The molecule has 1 rings (SSSR count). The molecule has 1 heterocycles. The van der Waals surface area contributed by atoms with E-state index in [0.717, 1.165) is 0 Å². The van der Waals surface area contributed by atoms with E-state index in [2.05, 4.69) is 0 Å². The normalized spacial score (nSPS) is 25.0. The quantitative estimate of drug-likeness (QED) is 0.586. The smallest absolute Gasteiger partial charge is 0.355 e. The minimum atomic E-state index is -3.49. The van der Waals surface area contributed by atoms with Crippen molar-refractivity contribution in [3.8, 4) is 0 Å². The van der Waals surface area contributed by atoms with Crippen LogP contribution in [0.1, 0.15) is 0 Å². The summed E-state index contributed by atoms with van der Waals surface area (Å²) in [6.07, 6.45) is 0. The fourth-order valence-electron chi connectivity index (χ4n) is 1.27. The van der Waals surface area contributed by atoms with Crippen molar-refractivity contribution < 1.29 is 38.9 Å². The van der Waals surface area contributed by atoms with Gasteiger partial charge in [0.1, 0.15) is 0 Å². The van der Waals surface area contributed by atoms with Crippen LogP contribution in [0.15, 0.2) is 0 Å². The molecule has 12 heteroatoms. The molecule has 1 aliphatic rings. The zero-order valence-corrected chi connectivity index (χ0v) is 14.2. The summed E-state index contributed by atoms with van der Waals surface area (Å²) < 4.78 is 47.7. The number of hydrogen-bond donors (Lipinski definition) is 0. The molecule has 9 nitrogen and oxygen atoms in total. The van der Waals surface area contributed by atoms with E-state index in [-0.39, 0.29) is 0 Å². The highest BCUT2D eigenvalue weighted by Gasteiger charge is 2.73. The average molecular weight is 318 g/mol. The van der Waals surface area contributed by atoms with Crippen LogP contribution in [-0.2, 0) is 38.9 Å². The minimum absolute atomic E-state index is 1.38. The Hall–Kier alpha value is 0.291. The summed E-state index contributed by atoms with van der Waals surface area (Å²) in [5.74, 6) is 0. The second-order valence-corrected chi connectivity index (χ2v) is 10.9. The molecule has 0 aromatic heterocycles. The lowest BCUT2D eigenvalue weighted by Gasteiger charge is -2.43. The van der Waals surface area contributed by atoms with Crippen molar-refractivity contribution in [2.45, 2.75) is 0 Å². The lowest BCUT2D eigenvalue weighted by molar-refractivity contribution is -0.0855. The number of hydrogen-bond acceptors (Lipinski definition) is 9. The van der Waals surface area contributed by atoms with E-state index in [1.807, 2.05) is 0 Å². The summed E-state index contributed by atoms with van der Waals surface area (Å²) in [4.78, 5) is 0. The molecule has 0 saturated carbocycles. The van der Waals surface area contributed by atoms with Crippen molar-refractivity contribution in [2.24, 2.45) is 0 Å². The van der Waals surface area contributed by atoms with Crippen molar-refractivity contribution in [1.29, 1.82) is 0 Å². The van der Waals surface area contributed by atoms with Gasteiger partial charge in [-0.25, -0.2) is 0 Å². The maximum Gasteiger partial charge on any atom is 0.667 e. The Bertz CT molecular complexity index is 210. The van der Waals surface area contributed by atoms with E-state index in [9.17, 15) is 0 Å². The van der Waals surface area contributed by atoms with Gasteiger partial charge in [0.2, 0.25) is 0 Å². The zero-order valence-electron chi connectivity index (χ0n) is 11.2. The molecule has 1 fully saturated rings. The predicted molar refractivity (Wildman–Crippen MR) is 62.6 cm³/mol. The second kappa shape index (κ2) is 6.16. The monoisotopic (exact) mass is 318 g/mol. The zero-order chi connectivity index (χ0) is 13.9. The number of rotatable bonds is 6. The van der Waals surface area contributed by atoms with Gasteiger partial charge in [-0.1, -0.05) is 0 Å². The van der Waals surface area contributed by atoms with E-state index in [0.29, 0.717) is 0 Å². The Morgan fingerprint density at radius 3 is 0.722 bits per heavy atom. The van der Waals surface area contributed by atoms with Crippen LogP contribution < -0.4 is 0 Å². The van der Waals surface area contributed by atoms with Gasteiger partial charge in [0.25, 0.3) is 0 Å². The average Bonchev–Trinajstić information content (AvgIpc) is 2.46. The van der Waals surface area contributed by atoms with Gasteiger partial charge in [0, 0.05) is 42.7 Å². The molecule has 0 bridgehead atoms. The largest absolute Gasteiger partial charge is 0.667 e. The van der Waals surface area contributed by atoms with Crippen LogP contribution in [0.2, 0.25) is 0 Å². The Balaban J connectivity index is 3.13. The fraction of sp³-hybridized carbons (Fsp3) is 1.00. The molecule has 0 unspecified atom stereocenters. The fourth-order valence-corrected chi connectivity index (χ4v) is 11.1. The molecule has 0 spiro atoms. The van der Waals surface area contributed by atoms with Gasteiger partial charge in [0.15, 0.2) is 0 Å². The third kappa shape index (κ3) is 2.89. The lowest BCUT2D eigenvalue weighted by atomic mass is 11.8. The van der Waals surface area contributed by atoms with Gasteiger partial charge >= 0.3 is 27.1 Å². The van der Waals surface area contributed by atoms with Crippen molar-refractivity contribution in [3.63, 3.8) is 0 Å². The van der Waals surface area contributed by atoms with Gasteiger partial charge < -0.3 is 38.9 Å². The topological polar surface area (TPSA) is 83.1 Å². The maximum atomic E-state index is 5.54. The van der Waals surface area contributed by atoms with Crippen LogP contribution in [0.3, 0.4) is 0 Å². The van der Waals surface area contributed by atoms with Gasteiger partial charge in [-0.3, -0.25) is 0 Å². The van der Waals surface area contributed by atoms with Gasteiger partial charge in [-0.2, -0.15) is 0 Å². The van der Waals surface area contributed by atoms with Gasteiger partial charge in [-0.05, 0) is 0 Å². The molecule has 108 valence electrons. The molecular weight excluding hydrogens is 300 g/mol. The minimum Gasteiger partial charge on any atom is -0.355 e. The van der Waals surface area contributed by atoms with Crippen LogP contribution in [0.5, 0.6) is 0 Å². The highest BCUT2D eigenvalue weighted by Crippen LogP contribution is 2.32. The van der Waals surface area contributed by atoms with Crippen LogP contribution in [0.4, 0.5) is 0 Å². The molecule has 0 aromatic carbocycles. The Labute approximate surface area is 109 Å². The van der Waals surface area contributed by atoms with Gasteiger partial charge in [0.05, 0.1) is 0 Å². The maximum absolute atomic E-state index is 5.54. The Morgan fingerprint density at radius 1 is 0.444 bits per heavy atom. The van der Waals surface area contributed by atoms with E-state index in [4.69, 9.17) is 38.9 Å². The lowest BCUT2D eigenvalue weighted by Crippen LogP contribution is -2.75. The molecule has 1 aliphatic heterocycles. The van der Waals surface area contributed by atoms with Crippen LogP contribution in [0, 0.1) is 0 Å². The first-order valence-corrected chi connectivity index (χ1v) is 9.80. The Morgan fingerprint density at radius 2 is 0.611 bits per heavy atom. The van der Waals surface area contributed by atoms with Gasteiger partial charge in [-0.15, -0.1) is 0 Å². The van der Waals surface area contributed by atoms with Crippen molar-refractivity contribution in [3.05, 3.63) is 0 Å². The first-order valence-electron chi connectivity index (χ1n) is 4.90. The molecule has 0 N–H and O–H groups in total. The van der Waals surface area contributed by atoms with E-state index < -0.39 is 27.1 Å². The third-order valence-electron chi connectivity index (χ3n) is 2.25. The summed E-state index contributed by atoms with van der Waals surface area (Å²) in [5, 5.41) is 0. The predicted octanol–water partition coefficient (Wildman–Crippen LogP) is -0.765. The van der Waals surface area contributed by atoms with Crippen molar-refractivity contribution >= 4 is 27.1 Å². The molecule has 0 amide bonds. The van der Waals surface area contributed by atoms with Crippen molar-refractivity contribution in [1.82, 2.24) is 0 Å². The van der Waals surface area contributed by atoms with Crippen LogP contribution in [-0.4, -0.2) is 69.8 Å². The highest BCUT2D eigenvalue weighted by atomic mass is 28.6. The molecule has 18 heavy (non-hydrogen) atoms. The summed E-state index contributed by atoms with van der Waals surface area (Å²) in [6, 6.07) is 0. The highest BCUT2D eigenvalue weighted by molar-refractivity contribution is 6.82. The molecular formula is C6H18O9Si3. The van der Waals surface area contributed by atoms with E-state index >= 15 is 0 Å². The first-order chi connectivity index (χ1) is 8.49. The van der Waals surface area contributed by atoms with Crippen LogP contribution in [0.25, 0.3) is 0 Å².